The first kappa shape index (κ1) is 11.2. The van der Waals surface area contributed by atoms with Gasteiger partial charge in [0.15, 0.2) is 0 Å². The van der Waals surface area contributed by atoms with E-state index in [4.69, 9.17) is 10.5 Å². The second-order valence-electron chi connectivity index (χ2n) is 4.86. The summed E-state index contributed by atoms with van der Waals surface area (Å²) in [5, 5.41) is 0. The molecule has 0 saturated heterocycles. The van der Waals surface area contributed by atoms with Gasteiger partial charge in [0.05, 0.1) is 12.2 Å². The second kappa shape index (κ2) is 4.28. The number of ether oxygens (including phenoxy) is 1. The van der Waals surface area contributed by atoms with Crippen LogP contribution in [0.5, 0.6) is 0 Å². The van der Waals surface area contributed by atoms with Crippen LogP contribution in [0.3, 0.4) is 0 Å². The van der Waals surface area contributed by atoms with Crippen LogP contribution in [0.4, 0.5) is 0 Å². The Balaban J connectivity index is 1.91. The number of hydrogen-bond donors (Lipinski definition) is 1. The smallest absolute Gasteiger partial charge is 0.313 e. The number of fused-ring (bicyclic) bond motifs is 1. The summed E-state index contributed by atoms with van der Waals surface area (Å²) in [6.45, 7) is 3.38. The van der Waals surface area contributed by atoms with Crippen molar-refractivity contribution in [3.05, 3.63) is 12.8 Å². The molecule has 4 nitrogen and oxygen atoms in total. The molecule has 2 atom stereocenters. The molecule has 2 aliphatic rings. The van der Waals surface area contributed by atoms with Gasteiger partial charge in [0, 0.05) is 5.92 Å². The van der Waals surface area contributed by atoms with Gasteiger partial charge in [-0.2, -0.15) is 0 Å². The first-order valence-corrected chi connectivity index (χ1v) is 5.72. The van der Waals surface area contributed by atoms with Crippen LogP contribution in [0, 0.1) is 23.7 Å². The van der Waals surface area contributed by atoms with Gasteiger partial charge in [0.25, 0.3) is 0 Å². The molecule has 0 spiro atoms. The molecule has 0 aromatic heterocycles. The monoisotopic (exact) mass is 223 g/mol. The second-order valence-corrected chi connectivity index (χ2v) is 4.86. The fourth-order valence-corrected chi connectivity index (χ4v) is 3.22. The quantitative estimate of drug-likeness (QED) is 0.577. The Morgan fingerprint density at radius 2 is 1.62 bits per heavy atom. The molecule has 88 valence electrons. The summed E-state index contributed by atoms with van der Waals surface area (Å²) in [6.07, 6.45) is 4.54. The largest absolute Gasteiger partial charge is 0.435 e. The minimum absolute atomic E-state index is 0.0122. The summed E-state index contributed by atoms with van der Waals surface area (Å²) >= 11 is 0. The van der Waals surface area contributed by atoms with Crippen molar-refractivity contribution in [2.45, 2.75) is 25.7 Å². The van der Waals surface area contributed by atoms with Crippen LogP contribution in [0.1, 0.15) is 25.7 Å². The SMILES string of the molecule is C=COC(=O)C1CC2CC(C(N)=O)CC2C1. The summed E-state index contributed by atoms with van der Waals surface area (Å²) in [6, 6.07) is 0. The van der Waals surface area contributed by atoms with Crippen LogP contribution in [0.15, 0.2) is 12.8 Å². The van der Waals surface area contributed by atoms with Gasteiger partial charge in [0.1, 0.15) is 0 Å². The molecular formula is C12H17NO3. The van der Waals surface area contributed by atoms with E-state index in [0.717, 1.165) is 25.7 Å². The Bertz CT molecular complexity index is 312. The Morgan fingerprint density at radius 1 is 1.12 bits per heavy atom. The van der Waals surface area contributed by atoms with E-state index in [1.807, 2.05) is 0 Å². The first-order valence-electron chi connectivity index (χ1n) is 5.72. The molecule has 0 aromatic rings. The normalized spacial score (nSPS) is 36.8. The number of carbonyl (C=O) groups excluding carboxylic acids is 2. The highest BCUT2D eigenvalue weighted by Crippen LogP contribution is 2.49. The van der Waals surface area contributed by atoms with Crippen LogP contribution in [0.2, 0.25) is 0 Å². The van der Waals surface area contributed by atoms with Gasteiger partial charge >= 0.3 is 5.97 Å². The summed E-state index contributed by atoms with van der Waals surface area (Å²) in [4.78, 5) is 22.6. The topological polar surface area (TPSA) is 69.4 Å². The number of carbonyl (C=O) groups is 2. The molecule has 0 aliphatic heterocycles. The van der Waals surface area contributed by atoms with Crippen molar-refractivity contribution in [3.63, 3.8) is 0 Å². The lowest BCUT2D eigenvalue weighted by Gasteiger charge is -2.10. The van der Waals surface area contributed by atoms with E-state index < -0.39 is 0 Å². The number of esters is 1. The molecule has 2 aliphatic carbocycles. The maximum atomic E-state index is 11.5. The van der Waals surface area contributed by atoms with E-state index in [2.05, 4.69) is 6.58 Å². The number of hydrogen-bond acceptors (Lipinski definition) is 3. The third-order valence-electron chi connectivity index (χ3n) is 3.95. The molecule has 0 radical (unpaired) electrons. The van der Waals surface area contributed by atoms with Gasteiger partial charge in [0.2, 0.25) is 5.91 Å². The van der Waals surface area contributed by atoms with E-state index in [1.165, 1.54) is 6.26 Å². The van der Waals surface area contributed by atoms with E-state index >= 15 is 0 Å². The Hall–Kier alpha value is -1.32. The van der Waals surface area contributed by atoms with Crippen molar-refractivity contribution in [2.75, 3.05) is 0 Å². The average Bonchev–Trinajstić information content (AvgIpc) is 2.73. The molecule has 4 heteroatoms. The van der Waals surface area contributed by atoms with Crippen molar-refractivity contribution >= 4 is 11.9 Å². The van der Waals surface area contributed by atoms with Crippen molar-refractivity contribution in [2.24, 2.45) is 29.4 Å². The van der Waals surface area contributed by atoms with Gasteiger partial charge in [-0.1, -0.05) is 6.58 Å². The van der Waals surface area contributed by atoms with Crippen molar-refractivity contribution < 1.29 is 14.3 Å². The zero-order chi connectivity index (χ0) is 11.7. The Morgan fingerprint density at radius 3 is 2.06 bits per heavy atom. The standard InChI is InChI=1S/C12H17NO3/c1-2-16-12(15)10-5-7-3-9(11(13)14)4-8(7)6-10/h2,7-10H,1,3-6H2,(H2,13,14). The van der Waals surface area contributed by atoms with Crippen LogP contribution in [0.25, 0.3) is 0 Å². The van der Waals surface area contributed by atoms with Gasteiger partial charge in [-0.25, -0.2) is 0 Å². The van der Waals surface area contributed by atoms with E-state index in [1.54, 1.807) is 0 Å². The number of amides is 1. The summed E-state index contributed by atoms with van der Waals surface area (Å²) in [5.74, 6) is 0.576. The van der Waals surface area contributed by atoms with Crippen LogP contribution >= 0.6 is 0 Å². The van der Waals surface area contributed by atoms with Gasteiger partial charge in [-0.05, 0) is 37.5 Å². The molecule has 1 amide bonds. The lowest BCUT2D eigenvalue weighted by atomic mass is 9.98. The highest BCUT2D eigenvalue weighted by Gasteiger charge is 2.45. The molecule has 0 bridgehead atoms. The maximum absolute atomic E-state index is 11.5. The molecule has 16 heavy (non-hydrogen) atoms. The minimum atomic E-state index is -0.195. The molecule has 0 heterocycles. The Kier molecular flexibility index (Phi) is 2.99. The summed E-state index contributed by atoms with van der Waals surface area (Å²) < 4.78 is 4.80. The number of nitrogens with two attached hydrogens (primary N) is 1. The molecule has 2 saturated carbocycles. The van der Waals surface area contributed by atoms with Crippen LogP contribution in [-0.2, 0) is 14.3 Å². The third kappa shape index (κ3) is 1.96. The average molecular weight is 223 g/mol. The molecule has 2 fully saturated rings. The first-order chi connectivity index (χ1) is 7.61. The third-order valence-corrected chi connectivity index (χ3v) is 3.95. The summed E-state index contributed by atoms with van der Waals surface area (Å²) in [5.41, 5.74) is 5.30. The predicted octanol–water partition coefficient (Wildman–Crippen LogP) is 1.21. The summed E-state index contributed by atoms with van der Waals surface area (Å²) in [7, 11) is 0. The fourth-order valence-electron chi connectivity index (χ4n) is 3.22. The van der Waals surface area contributed by atoms with Gasteiger partial charge in [-0.15, -0.1) is 0 Å². The lowest BCUT2D eigenvalue weighted by Crippen LogP contribution is -2.22. The number of primary amides is 1. The molecule has 2 rings (SSSR count). The molecule has 0 aromatic carbocycles. The van der Waals surface area contributed by atoms with Crippen molar-refractivity contribution in [1.29, 1.82) is 0 Å². The van der Waals surface area contributed by atoms with Crippen molar-refractivity contribution in [1.82, 2.24) is 0 Å². The van der Waals surface area contributed by atoms with E-state index in [9.17, 15) is 9.59 Å². The Labute approximate surface area is 94.8 Å². The molecular weight excluding hydrogens is 206 g/mol. The highest BCUT2D eigenvalue weighted by atomic mass is 16.5. The predicted molar refractivity (Wildman–Crippen MR) is 57.9 cm³/mol. The van der Waals surface area contributed by atoms with Crippen LogP contribution < -0.4 is 5.73 Å². The van der Waals surface area contributed by atoms with Gasteiger partial charge in [-0.3, -0.25) is 9.59 Å². The van der Waals surface area contributed by atoms with Gasteiger partial charge < -0.3 is 10.5 Å². The zero-order valence-corrected chi connectivity index (χ0v) is 9.22. The van der Waals surface area contributed by atoms with Crippen molar-refractivity contribution in [3.8, 4) is 0 Å². The minimum Gasteiger partial charge on any atom is -0.435 e. The van der Waals surface area contributed by atoms with E-state index in [0.29, 0.717) is 11.8 Å². The molecule has 2 unspecified atom stereocenters. The lowest BCUT2D eigenvalue weighted by molar-refractivity contribution is -0.142. The fraction of sp³-hybridized carbons (Fsp3) is 0.667. The van der Waals surface area contributed by atoms with Crippen LogP contribution in [-0.4, -0.2) is 11.9 Å². The zero-order valence-electron chi connectivity index (χ0n) is 9.22. The molecule has 2 N–H and O–H groups in total. The number of rotatable bonds is 3. The maximum Gasteiger partial charge on any atom is 0.313 e. The highest BCUT2D eigenvalue weighted by molar-refractivity contribution is 5.77. The van der Waals surface area contributed by atoms with E-state index in [-0.39, 0.29) is 23.7 Å².